The predicted octanol–water partition coefficient (Wildman–Crippen LogP) is 3.57. The largest absolute Gasteiger partial charge is 0.351 e. The predicted molar refractivity (Wildman–Crippen MR) is 105 cm³/mol. The second-order valence-electron chi connectivity index (χ2n) is 5.94. The Morgan fingerprint density at radius 2 is 1.65 bits per heavy atom. The summed E-state index contributed by atoms with van der Waals surface area (Å²) >= 11 is 12.1. The van der Waals surface area contributed by atoms with E-state index >= 15 is 0 Å². The molecule has 5 nitrogen and oxygen atoms in total. The van der Waals surface area contributed by atoms with Gasteiger partial charge in [-0.05, 0) is 31.7 Å². The fourth-order valence-corrected chi connectivity index (χ4v) is 2.78. The van der Waals surface area contributed by atoms with E-state index in [4.69, 9.17) is 23.2 Å². The van der Waals surface area contributed by atoms with E-state index in [1.54, 1.807) is 37.1 Å². The summed E-state index contributed by atoms with van der Waals surface area (Å²) in [4.78, 5) is 26.2. The van der Waals surface area contributed by atoms with Crippen LogP contribution in [0.1, 0.15) is 12.5 Å². The molecular weight excluding hydrogens is 373 g/mol. The van der Waals surface area contributed by atoms with Crippen LogP contribution >= 0.6 is 23.2 Å². The second kappa shape index (κ2) is 9.57. The van der Waals surface area contributed by atoms with Crippen molar-refractivity contribution < 1.29 is 9.59 Å². The van der Waals surface area contributed by atoms with Crippen molar-refractivity contribution in [2.24, 2.45) is 0 Å². The number of carbonyl (C=O) groups is 2. The molecule has 0 radical (unpaired) electrons. The monoisotopic (exact) mass is 393 g/mol. The van der Waals surface area contributed by atoms with Gasteiger partial charge >= 0.3 is 0 Å². The fraction of sp³-hybridized carbons (Fsp3) is 0.263. The molecule has 0 bridgehead atoms. The Kier molecular flexibility index (Phi) is 7.45. The summed E-state index contributed by atoms with van der Waals surface area (Å²) in [5, 5.41) is 6.28. The third kappa shape index (κ3) is 5.73. The lowest BCUT2D eigenvalue weighted by molar-refractivity contribution is -0.126. The molecule has 0 fully saturated rings. The quantitative estimate of drug-likeness (QED) is 0.755. The first-order valence-corrected chi connectivity index (χ1v) is 8.90. The molecule has 0 unspecified atom stereocenters. The maximum atomic E-state index is 12.3. The first-order chi connectivity index (χ1) is 12.4. The minimum Gasteiger partial charge on any atom is -0.351 e. The van der Waals surface area contributed by atoms with E-state index in [0.29, 0.717) is 22.3 Å². The van der Waals surface area contributed by atoms with Gasteiger partial charge in [-0.25, -0.2) is 0 Å². The van der Waals surface area contributed by atoms with Crippen LogP contribution in [-0.2, 0) is 16.1 Å². The number of amides is 2. The van der Waals surface area contributed by atoms with Crippen LogP contribution in [0.15, 0.2) is 48.5 Å². The summed E-state index contributed by atoms with van der Waals surface area (Å²) in [7, 11) is 1.71. The standard InChI is InChI=1S/C19H21Cl2N3O2/c1-13(19(26)22-11-14-7-4-3-5-8-14)24(2)12-17(25)23-18-15(20)9-6-10-16(18)21/h3-10,13H,11-12H2,1-2H3,(H,22,26)(H,23,25)/t13-/m1/s1. The molecular formula is C19H21Cl2N3O2. The fourth-order valence-electron chi connectivity index (χ4n) is 2.29. The molecule has 0 saturated heterocycles. The molecule has 2 amide bonds. The number of anilines is 1. The average molecular weight is 394 g/mol. The van der Waals surface area contributed by atoms with Gasteiger partial charge in [-0.2, -0.15) is 0 Å². The molecule has 0 aliphatic carbocycles. The Labute approximate surface area is 163 Å². The van der Waals surface area contributed by atoms with Crippen molar-refractivity contribution in [3.8, 4) is 0 Å². The molecule has 0 saturated carbocycles. The Hall–Kier alpha value is -2.08. The third-order valence-corrected chi connectivity index (χ3v) is 4.60. The van der Waals surface area contributed by atoms with Crippen LogP contribution in [0.2, 0.25) is 10.0 Å². The topological polar surface area (TPSA) is 61.4 Å². The Balaban J connectivity index is 1.86. The summed E-state index contributed by atoms with van der Waals surface area (Å²) in [6.45, 7) is 2.22. The number of nitrogens with one attached hydrogen (secondary N) is 2. The Bertz CT molecular complexity index is 748. The van der Waals surface area contributed by atoms with Gasteiger partial charge in [-0.1, -0.05) is 59.6 Å². The van der Waals surface area contributed by atoms with E-state index in [1.807, 2.05) is 30.3 Å². The van der Waals surface area contributed by atoms with Crippen LogP contribution in [-0.4, -0.2) is 36.3 Å². The number of carbonyl (C=O) groups excluding carboxylic acids is 2. The zero-order valence-electron chi connectivity index (χ0n) is 14.6. The van der Waals surface area contributed by atoms with Crippen LogP contribution in [0.5, 0.6) is 0 Å². The highest BCUT2D eigenvalue weighted by Crippen LogP contribution is 2.29. The van der Waals surface area contributed by atoms with Crippen molar-refractivity contribution >= 4 is 40.7 Å². The summed E-state index contributed by atoms with van der Waals surface area (Å²) in [6, 6.07) is 14.2. The van der Waals surface area contributed by atoms with Crippen LogP contribution in [0.3, 0.4) is 0 Å². The summed E-state index contributed by atoms with van der Waals surface area (Å²) in [5.41, 5.74) is 1.39. The molecule has 138 valence electrons. The number of hydrogen-bond acceptors (Lipinski definition) is 3. The Morgan fingerprint density at radius 3 is 2.27 bits per heavy atom. The minimum absolute atomic E-state index is 0.0292. The molecule has 2 aromatic carbocycles. The first kappa shape index (κ1) is 20.2. The lowest BCUT2D eigenvalue weighted by Gasteiger charge is -2.23. The van der Waals surface area contributed by atoms with Gasteiger partial charge in [-0.15, -0.1) is 0 Å². The molecule has 0 aliphatic heterocycles. The van der Waals surface area contributed by atoms with Gasteiger partial charge in [0, 0.05) is 6.54 Å². The van der Waals surface area contributed by atoms with Gasteiger partial charge in [0.25, 0.3) is 0 Å². The molecule has 1 atom stereocenters. The van der Waals surface area contributed by atoms with Crippen LogP contribution < -0.4 is 10.6 Å². The van der Waals surface area contributed by atoms with Gasteiger partial charge in [0.15, 0.2) is 0 Å². The summed E-state index contributed by atoms with van der Waals surface area (Å²) in [5.74, 6) is -0.454. The van der Waals surface area contributed by atoms with Crippen LogP contribution in [0.25, 0.3) is 0 Å². The lowest BCUT2D eigenvalue weighted by Crippen LogP contribution is -2.45. The molecule has 2 rings (SSSR count). The zero-order valence-corrected chi connectivity index (χ0v) is 16.1. The van der Waals surface area contributed by atoms with E-state index in [0.717, 1.165) is 5.56 Å². The number of likely N-dealkylation sites (N-methyl/N-ethyl adjacent to an activating group) is 1. The van der Waals surface area contributed by atoms with Gasteiger partial charge in [0.05, 0.1) is 28.3 Å². The van der Waals surface area contributed by atoms with Crippen molar-refractivity contribution in [3.63, 3.8) is 0 Å². The smallest absolute Gasteiger partial charge is 0.238 e. The van der Waals surface area contributed by atoms with Gasteiger partial charge in [0.1, 0.15) is 0 Å². The highest BCUT2D eigenvalue weighted by atomic mass is 35.5. The van der Waals surface area contributed by atoms with Gasteiger partial charge in [0.2, 0.25) is 11.8 Å². The van der Waals surface area contributed by atoms with Crippen molar-refractivity contribution in [2.45, 2.75) is 19.5 Å². The lowest BCUT2D eigenvalue weighted by atomic mass is 10.2. The third-order valence-electron chi connectivity index (χ3n) is 3.97. The number of para-hydroxylation sites is 1. The van der Waals surface area contributed by atoms with Crippen LogP contribution in [0.4, 0.5) is 5.69 Å². The number of benzene rings is 2. The van der Waals surface area contributed by atoms with E-state index < -0.39 is 6.04 Å². The number of hydrogen-bond donors (Lipinski definition) is 2. The average Bonchev–Trinajstić information content (AvgIpc) is 2.63. The molecule has 7 heteroatoms. The number of nitrogens with zero attached hydrogens (tertiary/aromatic N) is 1. The highest BCUT2D eigenvalue weighted by molar-refractivity contribution is 6.39. The molecule has 0 heterocycles. The maximum absolute atomic E-state index is 12.3. The van der Waals surface area contributed by atoms with Gasteiger partial charge < -0.3 is 10.6 Å². The van der Waals surface area contributed by atoms with E-state index in [2.05, 4.69) is 10.6 Å². The zero-order chi connectivity index (χ0) is 19.1. The van der Waals surface area contributed by atoms with E-state index in [1.165, 1.54) is 0 Å². The van der Waals surface area contributed by atoms with Gasteiger partial charge in [-0.3, -0.25) is 14.5 Å². The number of halogens is 2. The van der Waals surface area contributed by atoms with Crippen molar-refractivity contribution in [1.29, 1.82) is 0 Å². The molecule has 26 heavy (non-hydrogen) atoms. The number of rotatable bonds is 7. The van der Waals surface area contributed by atoms with Crippen molar-refractivity contribution in [2.75, 3.05) is 18.9 Å². The molecule has 0 spiro atoms. The molecule has 0 aromatic heterocycles. The van der Waals surface area contributed by atoms with E-state index in [9.17, 15) is 9.59 Å². The minimum atomic E-state index is -0.467. The van der Waals surface area contributed by atoms with Crippen molar-refractivity contribution in [3.05, 3.63) is 64.1 Å². The summed E-state index contributed by atoms with van der Waals surface area (Å²) in [6.07, 6.45) is 0. The highest BCUT2D eigenvalue weighted by Gasteiger charge is 2.20. The van der Waals surface area contributed by atoms with E-state index in [-0.39, 0.29) is 18.4 Å². The SMILES string of the molecule is C[C@H](C(=O)NCc1ccccc1)N(C)CC(=O)Nc1c(Cl)cccc1Cl. The van der Waals surface area contributed by atoms with Crippen molar-refractivity contribution in [1.82, 2.24) is 10.2 Å². The maximum Gasteiger partial charge on any atom is 0.238 e. The second-order valence-corrected chi connectivity index (χ2v) is 6.75. The summed E-state index contributed by atoms with van der Waals surface area (Å²) < 4.78 is 0. The Morgan fingerprint density at radius 1 is 1.04 bits per heavy atom. The van der Waals surface area contributed by atoms with Crippen LogP contribution in [0, 0.1) is 0 Å². The normalized spacial score (nSPS) is 11.9. The molecule has 0 aliphatic rings. The molecule has 2 N–H and O–H groups in total. The molecule has 2 aromatic rings. The first-order valence-electron chi connectivity index (χ1n) is 8.14.